The predicted octanol–water partition coefficient (Wildman–Crippen LogP) is 1.59. The molecule has 0 bridgehead atoms. The zero-order chi connectivity index (χ0) is 15.8. The molecule has 1 aliphatic rings. The van der Waals surface area contributed by atoms with Crippen LogP contribution in [0.1, 0.15) is 32.6 Å². The highest BCUT2D eigenvalue weighted by Gasteiger charge is 2.41. The SMILES string of the molecule is CC1CCC(NS(=O)(=O)c2c(Cl)cnn2C)(C(N)=S)CC1. The van der Waals surface area contributed by atoms with Gasteiger partial charge in [0, 0.05) is 7.05 Å². The monoisotopic (exact) mass is 350 g/mol. The van der Waals surface area contributed by atoms with Crippen LogP contribution in [-0.4, -0.2) is 28.7 Å². The lowest BCUT2D eigenvalue weighted by Crippen LogP contribution is -2.58. The minimum Gasteiger partial charge on any atom is -0.392 e. The third-order valence-electron chi connectivity index (χ3n) is 4.03. The van der Waals surface area contributed by atoms with Gasteiger partial charge in [0.05, 0.1) is 21.7 Å². The van der Waals surface area contributed by atoms with E-state index in [0.717, 1.165) is 12.8 Å². The first-order valence-electron chi connectivity index (χ1n) is 6.69. The highest BCUT2D eigenvalue weighted by Crippen LogP contribution is 2.34. The van der Waals surface area contributed by atoms with E-state index < -0.39 is 15.6 Å². The lowest BCUT2D eigenvalue weighted by molar-refractivity contribution is 0.288. The molecule has 0 saturated heterocycles. The molecule has 0 radical (unpaired) electrons. The first kappa shape index (κ1) is 16.7. The average Bonchev–Trinajstić information content (AvgIpc) is 2.72. The zero-order valence-corrected chi connectivity index (χ0v) is 14.4. The van der Waals surface area contributed by atoms with Gasteiger partial charge in [0.1, 0.15) is 0 Å². The summed E-state index contributed by atoms with van der Waals surface area (Å²) >= 11 is 11.1. The summed E-state index contributed by atoms with van der Waals surface area (Å²) < 4.78 is 29.1. The van der Waals surface area contributed by atoms with Crippen molar-refractivity contribution in [2.75, 3.05) is 0 Å². The second kappa shape index (κ2) is 5.83. The Morgan fingerprint density at radius 3 is 2.57 bits per heavy atom. The molecule has 1 heterocycles. The van der Waals surface area contributed by atoms with Gasteiger partial charge in [-0.1, -0.05) is 30.7 Å². The molecule has 1 aromatic heterocycles. The van der Waals surface area contributed by atoms with Gasteiger partial charge in [-0.2, -0.15) is 9.82 Å². The maximum absolute atomic E-state index is 12.6. The van der Waals surface area contributed by atoms with Crippen molar-refractivity contribution in [2.45, 2.75) is 43.2 Å². The van der Waals surface area contributed by atoms with Crippen LogP contribution in [0.5, 0.6) is 0 Å². The molecule has 9 heteroatoms. The molecular formula is C12H19ClN4O2S2. The maximum Gasteiger partial charge on any atom is 0.260 e. The molecule has 118 valence electrons. The van der Waals surface area contributed by atoms with Crippen LogP contribution in [-0.2, 0) is 17.1 Å². The van der Waals surface area contributed by atoms with Gasteiger partial charge in [-0.05, 0) is 31.6 Å². The molecule has 0 spiro atoms. The van der Waals surface area contributed by atoms with Gasteiger partial charge in [-0.15, -0.1) is 0 Å². The second-order valence-corrected chi connectivity index (χ2v) is 8.10. The Kier molecular flexibility index (Phi) is 4.63. The van der Waals surface area contributed by atoms with Crippen LogP contribution >= 0.6 is 23.8 Å². The summed E-state index contributed by atoms with van der Waals surface area (Å²) in [6.07, 6.45) is 4.24. The number of hydrogen-bond acceptors (Lipinski definition) is 4. The largest absolute Gasteiger partial charge is 0.392 e. The Bertz CT molecular complexity index is 629. The van der Waals surface area contributed by atoms with Crippen molar-refractivity contribution >= 4 is 38.8 Å². The highest BCUT2D eigenvalue weighted by atomic mass is 35.5. The molecule has 1 aromatic rings. The molecule has 21 heavy (non-hydrogen) atoms. The number of aryl methyl sites for hydroxylation is 1. The summed E-state index contributed by atoms with van der Waals surface area (Å²) in [5.74, 6) is 0.539. The number of hydrogen-bond donors (Lipinski definition) is 2. The van der Waals surface area contributed by atoms with E-state index in [2.05, 4.69) is 16.7 Å². The Labute approximate surface area is 135 Å². The van der Waals surface area contributed by atoms with Crippen LogP contribution in [0.4, 0.5) is 0 Å². The Morgan fingerprint density at radius 2 is 2.14 bits per heavy atom. The van der Waals surface area contributed by atoms with Gasteiger partial charge >= 0.3 is 0 Å². The highest BCUT2D eigenvalue weighted by molar-refractivity contribution is 7.89. The number of nitrogens with zero attached hydrogens (tertiary/aromatic N) is 2. The number of rotatable bonds is 4. The standard InChI is InChI=1S/C12H19ClN4O2S2/c1-8-3-5-12(6-4-8,11(14)20)16-21(18,19)10-9(13)7-15-17(10)2/h7-8,16H,3-6H2,1-2H3,(H2,14,20). The van der Waals surface area contributed by atoms with E-state index in [9.17, 15) is 8.42 Å². The van der Waals surface area contributed by atoms with Gasteiger partial charge < -0.3 is 5.73 Å². The molecule has 0 aromatic carbocycles. The van der Waals surface area contributed by atoms with Crippen molar-refractivity contribution in [1.82, 2.24) is 14.5 Å². The van der Waals surface area contributed by atoms with Gasteiger partial charge in [0.15, 0.2) is 5.03 Å². The number of sulfonamides is 1. The Hall–Kier alpha value is -0.700. The average molecular weight is 351 g/mol. The van der Waals surface area contributed by atoms with E-state index in [1.165, 1.54) is 17.9 Å². The maximum atomic E-state index is 12.6. The van der Waals surface area contributed by atoms with E-state index >= 15 is 0 Å². The predicted molar refractivity (Wildman–Crippen MR) is 85.7 cm³/mol. The van der Waals surface area contributed by atoms with Crippen LogP contribution in [0.2, 0.25) is 5.02 Å². The summed E-state index contributed by atoms with van der Waals surface area (Å²) in [4.78, 5) is 0.177. The smallest absolute Gasteiger partial charge is 0.260 e. The molecule has 1 saturated carbocycles. The van der Waals surface area contributed by atoms with Crippen molar-refractivity contribution in [2.24, 2.45) is 18.7 Å². The molecule has 1 fully saturated rings. The fourth-order valence-corrected chi connectivity index (χ4v) is 5.08. The zero-order valence-electron chi connectivity index (χ0n) is 12.0. The number of thiocarbonyl (C=S) groups is 1. The van der Waals surface area contributed by atoms with E-state index in [1.54, 1.807) is 0 Å². The van der Waals surface area contributed by atoms with E-state index in [0.29, 0.717) is 18.8 Å². The fraction of sp³-hybridized carbons (Fsp3) is 0.667. The fourth-order valence-electron chi connectivity index (χ4n) is 2.66. The summed E-state index contributed by atoms with van der Waals surface area (Å²) in [5.41, 5.74) is 4.95. The molecule has 2 rings (SSSR count). The molecule has 0 unspecified atom stereocenters. The van der Waals surface area contributed by atoms with Crippen LogP contribution < -0.4 is 10.5 Å². The van der Waals surface area contributed by atoms with Crippen LogP contribution in [0.3, 0.4) is 0 Å². The number of nitrogens with two attached hydrogens (primary N) is 1. The molecule has 1 aliphatic carbocycles. The van der Waals surface area contributed by atoms with E-state index in [4.69, 9.17) is 29.6 Å². The van der Waals surface area contributed by atoms with Crippen molar-refractivity contribution in [1.29, 1.82) is 0 Å². The second-order valence-electron chi connectivity index (χ2n) is 5.66. The minimum absolute atomic E-state index is 0.0709. The third-order valence-corrected chi connectivity index (χ3v) is 6.46. The summed E-state index contributed by atoms with van der Waals surface area (Å²) in [6, 6.07) is 0. The van der Waals surface area contributed by atoms with Gasteiger partial charge in [0.25, 0.3) is 10.0 Å². The van der Waals surface area contributed by atoms with Crippen molar-refractivity contribution in [3.8, 4) is 0 Å². The number of aromatic nitrogens is 2. The van der Waals surface area contributed by atoms with Crippen LogP contribution in [0.15, 0.2) is 11.2 Å². The Morgan fingerprint density at radius 1 is 1.57 bits per heavy atom. The number of halogens is 1. The van der Waals surface area contributed by atoms with E-state index in [1.807, 2.05) is 0 Å². The van der Waals surface area contributed by atoms with Gasteiger partial charge in [-0.25, -0.2) is 8.42 Å². The van der Waals surface area contributed by atoms with Crippen molar-refractivity contribution in [3.05, 3.63) is 11.2 Å². The Balaban J connectivity index is 2.35. The first-order valence-corrected chi connectivity index (χ1v) is 8.96. The first-order chi connectivity index (χ1) is 9.68. The summed E-state index contributed by atoms with van der Waals surface area (Å²) in [7, 11) is -2.32. The summed E-state index contributed by atoms with van der Waals surface area (Å²) in [6.45, 7) is 2.13. The topological polar surface area (TPSA) is 90.0 Å². The van der Waals surface area contributed by atoms with Crippen LogP contribution in [0, 0.1) is 5.92 Å². The summed E-state index contributed by atoms with van der Waals surface area (Å²) in [5, 5.41) is 3.86. The molecule has 0 amide bonds. The van der Waals surface area contributed by atoms with Gasteiger partial charge in [0.2, 0.25) is 0 Å². The van der Waals surface area contributed by atoms with Crippen LogP contribution in [0.25, 0.3) is 0 Å². The molecule has 6 nitrogen and oxygen atoms in total. The lowest BCUT2D eigenvalue weighted by Gasteiger charge is -2.38. The number of nitrogens with one attached hydrogen (secondary N) is 1. The molecule has 0 atom stereocenters. The minimum atomic E-state index is -3.85. The molecule has 0 aliphatic heterocycles. The normalized spacial score (nSPS) is 26.7. The quantitative estimate of drug-likeness (QED) is 0.805. The van der Waals surface area contributed by atoms with Gasteiger partial charge in [-0.3, -0.25) is 4.68 Å². The van der Waals surface area contributed by atoms with Crippen molar-refractivity contribution in [3.63, 3.8) is 0 Å². The lowest BCUT2D eigenvalue weighted by atomic mass is 9.78. The van der Waals surface area contributed by atoms with E-state index in [-0.39, 0.29) is 15.0 Å². The molecular weight excluding hydrogens is 332 g/mol. The molecule has 3 N–H and O–H groups in total. The van der Waals surface area contributed by atoms with Crippen molar-refractivity contribution < 1.29 is 8.42 Å². The third kappa shape index (κ3) is 3.23.